The van der Waals surface area contributed by atoms with E-state index in [-0.39, 0.29) is 6.03 Å². The summed E-state index contributed by atoms with van der Waals surface area (Å²) in [4.78, 5) is 20.0. The van der Waals surface area contributed by atoms with Gasteiger partial charge in [-0.2, -0.15) is 5.10 Å². The second kappa shape index (κ2) is 7.36. The minimum Gasteiger partial charge on any atom is -0.332 e. The van der Waals surface area contributed by atoms with Crippen molar-refractivity contribution in [2.24, 2.45) is 0 Å². The standard InChI is InChI=1S/C20H24N6O/c1-24(2)20(27)22-12-17-11-18-14-25(8-9-26(18)23-17)13-15-5-6-19-16(10-15)4-3-7-21-19/h3-7,10-11H,8-9,12-14H2,1-2H3,(H,22,27). The molecule has 0 radical (unpaired) electrons. The van der Waals surface area contributed by atoms with Gasteiger partial charge in [0.15, 0.2) is 0 Å². The number of hydrogen-bond acceptors (Lipinski definition) is 4. The van der Waals surface area contributed by atoms with Crippen molar-refractivity contribution in [3.8, 4) is 0 Å². The Bertz CT molecular complexity index is 964. The molecule has 0 spiro atoms. The van der Waals surface area contributed by atoms with E-state index in [0.29, 0.717) is 6.54 Å². The summed E-state index contributed by atoms with van der Waals surface area (Å²) in [6.45, 7) is 4.05. The van der Waals surface area contributed by atoms with Gasteiger partial charge in [-0.25, -0.2) is 4.79 Å². The van der Waals surface area contributed by atoms with Crippen LogP contribution in [0, 0.1) is 0 Å². The third-order valence-electron chi connectivity index (χ3n) is 4.83. The summed E-state index contributed by atoms with van der Waals surface area (Å²) in [5.41, 5.74) is 4.42. The summed E-state index contributed by atoms with van der Waals surface area (Å²) in [7, 11) is 3.46. The van der Waals surface area contributed by atoms with Crippen LogP contribution < -0.4 is 5.32 Å². The molecule has 2 aromatic heterocycles. The molecular formula is C20H24N6O. The second-order valence-electron chi connectivity index (χ2n) is 7.14. The third kappa shape index (κ3) is 3.93. The molecule has 0 bridgehead atoms. The Labute approximate surface area is 158 Å². The highest BCUT2D eigenvalue weighted by atomic mass is 16.2. The summed E-state index contributed by atoms with van der Waals surface area (Å²) in [6.07, 6.45) is 1.83. The number of aromatic nitrogens is 3. The number of rotatable bonds is 4. The molecule has 140 valence electrons. The molecular weight excluding hydrogens is 340 g/mol. The summed E-state index contributed by atoms with van der Waals surface area (Å²) >= 11 is 0. The molecule has 2 amide bonds. The molecule has 0 unspecified atom stereocenters. The van der Waals surface area contributed by atoms with Crippen LogP contribution in [0.5, 0.6) is 0 Å². The van der Waals surface area contributed by atoms with Crippen LogP contribution in [0.4, 0.5) is 4.79 Å². The summed E-state index contributed by atoms with van der Waals surface area (Å²) in [5.74, 6) is 0. The predicted octanol–water partition coefficient (Wildman–Crippen LogP) is 2.22. The summed E-state index contributed by atoms with van der Waals surface area (Å²) in [6, 6.07) is 12.5. The Kier molecular flexibility index (Phi) is 4.77. The minimum absolute atomic E-state index is 0.103. The lowest BCUT2D eigenvalue weighted by Gasteiger charge is -2.27. The fourth-order valence-corrected chi connectivity index (χ4v) is 3.41. The Morgan fingerprint density at radius 1 is 1.22 bits per heavy atom. The molecule has 0 atom stereocenters. The van der Waals surface area contributed by atoms with E-state index in [1.165, 1.54) is 21.5 Å². The molecule has 7 heteroatoms. The summed E-state index contributed by atoms with van der Waals surface area (Å²) < 4.78 is 2.05. The highest BCUT2D eigenvalue weighted by Gasteiger charge is 2.19. The van der Waals surface area contributed by atoms with Crippen LogP contribution in [0.3, 0.4) is 0 Å². The Hall–Kier alpha value is -2.93. The molecule has 1 aliphatic rings. The van der Waals surface area contributed by atoms with E-state index < -0.39 is 0 Å². The lowest BCUT2D eigenvalue weighted by Crippen LogP contribution is -2.34. The van der Waals surface area contributed by atoms with Gasteiger partial charge in [0.05, 0.1) is 30.0 Å². The largest absolute Gasteiger partial charge is 0.332 e. The van der Waals surface area contributed by atoms with Crippen LogP contribution >= 0.6 is 0 Å². The molecule has 7 nitrogen and oxygen atoms in total. The van der Waals surface area contributed by atoms with Crippen LogP contribution in [0.25, 0.3) is 10.9 Å². The Balaban J connectivity index is 1.41. The number of benzene rings is 1. The van der Waals surface area contributed by atoms with Crippen molar-refractivity contribution in [1.82, 2.24) is 29.9 Å². The SMILES string of the molecule is CN(C)C(=O)NCc1cc2n(n1)CCN(Cc1ccc3ncccc3c1)C2. The Morgan fingerprint density at radius 3 is 2.96 bits per heavy atom. The normalized spacial score (nSPS) is 14.1. The van der Waals surface area contributed by atoms with Crippen LogP contribution in [0.1, 0.15) is 17.0 Å². The molecule has 3 heterocycles. The fraction of sp³-hybridized carbons (Fsp3) is 0.350. The van der Waals surface area contributed by atoms with Gasteiger partial charge in [0.1, 0.15) is 0 Å². The maximum atomic E-state index is 11.7. The first-order chi connectivity index (χ1) is 13.1. The Morgan fingerprint density at radius 2 is 2.11 bits per heavy atom. The van der Waals surface area contributed by atoms with Crippen molar-refractivity contribution in [2.45, 2.75) is 26.2 Å². The third-order valence-corrected chi connectivity index (χ3v) is 4.83. The van der Waals surface area contributed by atoms with Crippen molar-refractivity contribution in [3.63, 3.8) is 0 Å². The van der Waals surface area contributed by atoms with E-state index in [1.54, 1.807) is 14.1 Å². The molecule has 3 aromatic rings. The van der Waals surface area contributed by atoms with Gasteiger partial charge in [-0.1, -0.05) is 12.1 Å². The molecule has 0 saturated carbocycles. The fourth-order valence-electron chi connectivity index (χ4n) is 3.41. The topological polar surface area (TPSA) is 66.3 Å². The lowest BCUT2D eigenvalue weighted by molar-refractivity contribution is 0.205. The van der Waals surface area contributed by atoms with Gasteiger partial charge in [0.2, 0.25) is 0 Å². The first-order valence-electron chi connectivity index (χ1n) is 9.15. The lowest BCUT2D eigenvalue weighted by atomic mass is 10.1. The number of fused-ring (bicyclic) bond motifs is 2. The van der Waals surface area contributed by atoms with Crippen molar-refractivity contribution in [2.75, 3.05) is 20.6 Å². The quantitative estimate of drug-likeness (QED) is 0.771. The van der Waals surface area contributed by atoms with Gasteiger partial charge < -0.3 is 10.2 Å². The molecule has 1 aromatic carbocycles. The predicted molar refractivity (Wildman–Crippen MR) is 104 cm³/mol. The maximum Gasteiger partial charge on any atom is 0.317 e. The minimum atomic E-state index is -0.103. The van der Waals surface area contributed by atoms with E-state index in [4.69, 9.17) is 0 Å². The molecule has 4 rings (SSSR count). The smallest absolute Gasteiger partial charge is 0.317 e. The first-order valence-corrected chi connectivity index (χ1v) is 9.15. The number of hydrogen-bond donors (Lipinski definition) is 1. The van der Waals surface area contributed by atoms with Gasteiger partial charge in [-0.05, 0) is 29.8 Å². The monoisotopic (exact) mass is 364 g/mol. The van der Waals surface area contributed by atoms with Crippen molar-refractivity contribution >= 4 is 16.9 Å². The van der Waals surface area contributed by atoms with Gasteiger partial charge in [-0.3, -0.25) is 14.6 Å². The molecule has 0 fully saturated rings. The van der Waals surface area contributed by atoms with Crippen molar-refractivity contribution in [3.05, 3.63) is 59.5 Å². The molecule has 0 aliphatic carbocycles. The molecule has 27 heavy (non-hydrogen) atoms. The zero-order valence-electron chi connectivity index (χ0n) is 15.7. The zero-order chi connectivity index (χ0) is 18.8. The number of nitrogens with one attached hydrogen (secondary N) is 1. The van der Waals surface area contributed by atoms with Crippen LogP contribution in [-0.4, -0.2) is 51.2 Å². The van der Waals surface area contributed by atoms with Gasteiger partial charge in [-0.15, -0.1) is 0 Å². The van der Waals surface area contributed by atoms with Crippen molar-refractivity contribution < 1.29 is 4.79 Å². The number of carbonyl (C=O) groups is 1. The van der Waals surface area contributed by atoms with Crippen LogP contribution in [0.15, 0.2) is 42.6 Å². The van der Waals surface area contributed by atoms with Crippen LogP contribution in [0.2, 0.25) is 0 Å². The van der Waals surface area contributed by atoms with E-state index >= 15 is 0 Å². The second-order valence-corrected chi connectivity index (χ2v) is 7.14. The molecule has 0 saturated heterocycles. The summed E-state index contributed by atoms with van der Waals surface area (Å²) in [5, 5.41) is 8.66. The number of urea groups is 1. The van der Waals surface area contributed by atoms with Crippen LogP contribution in [-0.2, 0) is 26.2 Å². The zero-order valence-corrected chi connectivity index (χ0v) is 15.7. The van der Waals surface area contributed by atoms with E-state index in [9.17, 15) is 4.79 Å². The van der Waals surface area contributed by atoms with Gasteiger partial charge in [0, 0.05) is 45.3 Å². The average Bonchev–Trinajstić information content (AvgIpc) is 3.08. The number of nitrogens with zero attached hydrogens (tertiary/aromatic N) is 5. The van der Waals surface area contributed by atoms with E-state index in [2.05, 4.69) is 55.3 Å². The van der Waals surface area contributed by atoms with Gasteiger partial charge in [0.25, 0.3) is 0 Å². The highest BCUT2D eigenvalue weighted by molar-refractivity contribution is 5.78. The highest BCUT2D eigenvalue weighted by Crippen LogP contribution is 2.19. The van der Waals surface area contributed by atoms with E-state index in [1.807, 2.05) is 12.3 Å². The number of pyridine rings is 1. The maximum absolute atomic E-state index is 11.7. The molecule has 1 aliphatic heterocycles. The molecule has 1 N–H and O–H groups in total. The number of amides is 2. The first kappa shape index (κ1) is 17.5. The average molecular weight is 364 g/mol. The van der Waals surface area contributed by atoms with Crippen molar-refractivity contribution in [1.29, 1.82) is 0 Å². The number of carbonyl (C=O) groups excluding carboxylic acids is 1. The van der Waals surface area contributed by atoms with E-state index in [0.717, 1.165) is 37.4 Å². The van der Waals surface area contributed by atoms with Gasteiger partial charge >= 0.3 is 6.03 Å².